The highest BCUT2D eigenvalue weighted by molar-refractivity contribution is 5.42. The number of nitro benzene ring substituents is 1. The van der Waals surface area contributed by atoms with Crippen molar-refractivity contribution in [3.8, 4) is 5.75 Å². The van der Waals surface area contributed by atoms with Crippen LogP contribution in [0.4, 0.5) is 5.69 Å². The van der Waals surface area contributed by atoms with Gasteiger partial charge in [-0.05, 0) is 25.5 Å². The van der Waals surface area contributed by atoms with Crippen molar-refractivity contribution in [3.63, 3.8) is 0 Å². The molecule has 19 heavy (non-hydrogen) atoms. The molecular formula is C13H20N2O4. The van der Waals surface area contributed by atoms with Crippen LogP contribution in [0.3, 0.4) is 0 Å². The predicted molar refractivity (Wildman–Crippen MR) is 72.4 cm³/mol. The van der Waals surface area contributed by atoms with Gasteiger partial charge in [0.25, 0.3) is 5.69 Å². The largest absolute Gasteiger partial charge is 0.496 e. The lowest BCUT2D eigenvalue weighted by Crippen LogP contribution is -2.36. The van der Waals surface area contributed by atoms with Crippen LogP contribution in [0.2, 0.25) is 0 Å². The zero-order valence-electron chi connectivity index (χ0n) is 11.7. The molecule has 6 heteroatoms. The molecule has 1 aromatic carbocycles. The van der Waals surface area contributed by atoms with Gasteiger partial charge in [0.05, 0.1) is 23.7 Å². The molecule has 0 aromatic heterocycles. The number of non-ortho nitro benzene ring substituents is 1. The van der Waals surface area contributed by atoms with Gasteiger partial charge >= 0.3 is 0 Å². The Bertz CT molecular complexity index is 446. The first-order valence-corrected chi connectivity index (χ1v) is 5.96. The van der Waals surface area contributed by atoms with Gasteiger partial charge in [0.1, 0.15) is 5.75 Å². The average molecular weight is 268 g/mol. The smallest absolute Gasteiger partial charge is 0.273 e. The number of nitrogens with one attached hydrogen (secondary N) is 1. The van der Waals surface area contributed by atoms with Crippen LogP contribution in [0.15, 0.2) is 18.2 Å². The molecule has 0 fully saturated rings. The van der Waals surface area contributed by atoms with Gasteiger partial charge in [0.2, 0.25) is 0 Å². The van der Waals surface area contributed by atoms with E-state index < -0.39 is 4.92 Å². The number of rotatable bonds is 7. The Morgan fingerprint density at radius 3 is 2.53 bits per heavy atom. The molecule has 0 saturated heterocycles. The number of nitrogens with zero attached hydrogens (tertiary/aromatic N) is 1. The summed E-state index contributed by atoms with van der Waals surface area (Å²) in [5, 5.41) is 14.0. The number of hydrogen-bond acceptors (Lipinski definition) is 5. The second-order valence-electron chi connectivity index (χ2n) is 4.86. The maximum atomic E-state index is 10.8. The van der Waals surface area contributed by atoms with Crippen LogP contribution in [0.25, 0.3) is 0 Å². The Morgan fingerprint density at radius 2 is 2.00 bits per heavy atom. The van der Waals surface area contributed by atoms with Gasteiger partial charge in [0.15, 0.2) is 0 Å². The van der Waals surface area contributed by atoms with E-state index in [9.17, 15) is 10.1 Å². The number of methoxy groups -OCH3 is 2. The van der Waals surface area contributed by atoms with Crippen LogP contribution in [0.1, 0.15) is 19.4 Å². The van der Waals surface area contributed by atoms with Crippen molar-refractivity contribution >= 4 is 5.69 Å². The van der Waals surface area contributed by atoms with Crippen molar-refractivity contribution in [2.75, 3.05) is 20.8 Å². The molecule has 106 valence electrons. The van der Waals surface area contributed by atoms with Gasteiger partial charge in [0, 0.05) is 26.3 Å². The van der Waals surface area contributed by atoms with Crippen LogP contribution in [-0.4, -0.2) is 31.3 Å². The monoisotopic (exact) mass is 268 g/mol. The normalized spacial score (nSPS) is 11.4. The van der Waals surface area contributed by atoms with E-state index in [0.29, 0.717) is 18.8 Å². The molecule has 1 N–H and O–H groups in total. The Morgan fingerprint density at radius 1 is 1.32 bits per heavy atom. The van der Waals surface area contributed by atoms with Gasteiger partial charge in [-0.15, -0.1) is 0 Å². The lowest BCUT2D eigenvalue weighted by molar-refractivity contribution is -0.385. The van der Waals surface area contributed by atoms with Crippen LogP contribution in [0, 0.1) is 10.1 Å². The van der Waals surface area contributed by atoms with Gasteiger partial charge in [-0.2, -0.15) is 0 Å². The lowest BCUT2D eigenvalue weighted by Gasteiger charge is -2.23. The third-order valence-electron chi connectivity index (χ3n) is 2.83. The number of nitro groups is 1. The van der Waals surface area contributed by atoms with Crippen molar-refractivity contribution in [2.45, 2.75) is 26.0 Å². The molecule has 0 aliphatic carbocycles. The van der Waals surface area contributed by atoms with E-state index in [0.717, 1.165) is 5.56 Å². The molecule has 0 amide bonds. The predicted octanol–water partition coefficient (Wildman–Crippen LogP) is 2.12. The maximum absolute atomic E-state index is 10.8. The topological polar surface area (TPSA) is 73.6 Å². The highest BCUT2D eigenvalue weighted by atomic mass is 16.6. The number of hydrogen-bond donors (Lipinski definition) is 1. The standard InChI is InChI=1S/C13H20N2O4/c1-13(2,19-4)9-14-8-10-5-11(15(16)17)7-12(6-10)18-3/h5-7,14H,8-9H2,1-4H3. The highest BCUT2D eigenvalue weighted by Gasteiger charge is 2.16. The van der Waals surface area contributed by atoms with E-state index in [1.807, 2.05) is 13.8 Å². The minimum Gasteiger partial charge on any atom is -0.496 e. The zero-order valence-corrected chi connectivity index (χ0v) is 11.7. The summed E-state index contributed by atoms with van der Waals surface area (Å²) in [5.74, 6) is 0.483. The van der Waals surface area contributed by atoms with Crippen LogP contribution < -0.4 is 10.1 Å². The molecule has 0 radical (unpaired) electrons. The van der Waals surface area contributed by atoms with Crippen molar-refractivity contribution in [2.24, 2.45) is 0 Å². The zero-order chi connectivity index (χ0) is 14.5. The molecule has 1 aromatic rings. The summed E-state index contributed by atoms with van der Waals surface area (Å²) in [5.41, 5.74) is 0.560. The Balaban J connectivity index is 2.72. The van der Waals surface area contributed by atoms with E-state index >= 15 is 0 Å². The fourth-order valence-electron chi connectivity index (χ4n) is 1.55. The minimum atomic E-state index is -0.425. The van der Waals surface area contributed by atoms with Crippen molar-refractivity contribution in [1.29, 1.82) is 0 Å². The summed E-state index contributed by atoms with van der Waals surface area (Å²) in [4.78, 5) is 10.4. The average Bonchev–Trinajstić information content (AvgIpc) is 2.38. The Kier molecular flexibility index (Phi) is 5.26. The Labute approximate surface area is 112 Å². The fraction of sp³-hybridized carbons (Fsp3) is 0.538. The lowest BCUT2D eigenvalue weighted by atomic mass is 10.1. The van der Waals surface area contributed by atoms with Crippen molar-refractivity contribution < 1.29 is 14.4 Å². The summed E-state index contributed by atoms with van der Waals surface area (Å²) in [6.45, 7) is 5.10. The Hall–Kier alpha value is -1.66. The molecule has 0 saturated carbocycles. The molecule has 0 heterocycles. The maximum Gasteiger partial charge on any atom is 0.273 e. The second kappa shape index (κ2) is 6.49. The SMILES string of the molecule is COc1cc(CNCC(C)(C)OC)cc([N+](=O)[O-])c1. The molecule has 0 spiro atoms. The summed E-state index contributed by atoms with van der Waals surface area (Å²) in [6, 6.07) is 4.72. The first-order chi connectivity index (χ1) is 8.88. The number of benzene rings is 1. The molecule has 0 atom stereocenters. The third kappa shape index (κ3) is 4.84. The van der Waals surface area contributed by atoms with E-state index in [2.05, 4.69) is 5.32 Å². The van der Waals surface area contributed by atoms with Crippen LogP contribution in [0.5, 0.6) is 5.75 Å². The molecule has 1 rings (SSSR count). The molecule has 0 bridgehead atoms. The quantitative estimate of drug-likeness (QED) is 0.605. The minimum absolute atomic E-state index is 0.0298. The van der Waals surface area contributed by atoms with Gasteiger partial charge in [-0.1, -0.05) is 0 Å². The van der Waals surface area contributed by atoms with E-state index in [1.165, 1.54) is 19.2 Å². The van der Waals surface area contributed by atoms with E-state index in [-0.39, 0.29) is 11.3 Å². The molecule has 0 aliphatic rings. The highest BCUT2D eigenvalue weighted by Crippen LogP contribution is 2.22. The van der Waals surface area contributed by atoms with Gasteiger partial charge < -0.3 is 14.8 Å². The summed E-state index contributed by atoms with van der Waals surface area (Å²) >= 11 is 0. The molecular weight excluding hydrogens is 248 g/mol. The molecule has 0 aliphatic heterocycles. The first-order valence-electron chi connectivity index (χ1n) is 5.96. The number of ether oxygens (including phenoxy) is 2. The first kappa shape index (κ1) is 15.4. The van der Waals surface area contributed by atoms with Crippen LogP contribution in [-0.2, 0) is 11.3 Å². The summed E-state index contributed by atoms with van der Waals surface area (Å²) in [6.07, 6.45) is 0. The third-order valence-corrected chi connectivity index (χ3v) is 2.83. The second-order valence-corrected chi connectivity index (χ2v) is 4.86. The fourth-order valence-corrected chi connectivity index (χ4v) is 1.55. The summed E-state index contributed by atoms with van der Waals surface area (Å²) < 4.78 is 10.3. The van der Waals surface area contributed by atoms with Gasteiger partial charge in [-0.3, -0.25) is 10.1 Å². The summed E-state index contributed by atoms with van der Waals surface area (Å²) in [7, 11) is 3.14. The molecule has 0 unspecified atom stereocenters. The van der Waals surface area contributed by atoms with Crippen LogP contribution >= 0.6 is 0 Å². The van der Waals surface area contributed by atoms with Crippen molar-refractivity contribution in [1.82, 2.24) is 5.32 Å². The van der Waals surface area contributed by atoms with Crippen molar-refractivity contribution in [3.05, 3.63) is 33.9 Å². The van der Waals surface area contributed by atoms with E-state index in [4.69, 9.17) is 9.47 Å². The van der Waals surface area contributed by atoms with E-state index in [1.54, 1.807) is 13.2 Å². The van der Waals surface area contributed by atoms with Gasteiger partial charge in [-0.25, -0.2) is 0 Å². The molecule has 6 nitrogen and oxygen atoms in total.